The minimum absolute atomic E-state index is 0.643. The topological polar surface area (TPSA) is 24.1 Å². The molecule has 2 nitrogen and oxygen atoms in total. The van der Waals surface area contributed by atoms with Crippen LogP contribution in [-0.4, -0.2) is 24.2 Å². The van der Waals surface area contributed by atoms with Gasteiger partial charge in [0, 0.05) is 24.2 Å². The molecule has 0 aromatic heterocycles. The largest absolute Gasteiger partial charge is 0.308 e. The highest BCUT2D eigenvalue weighted by atomic mass is 15.1. The monoisotopic (exact) mass is 168 g/mol. The predicted molar refractivity (Wildman–Crippen MR) is 51.2 cm³/mol. The van der Waals surface area contributed by atoms with Crippen LogP contribution in [-0.2, 0) is 0 Å². The van der Waals surface area contributed by atoms with Crippen molar-refractivity contribution in [3.05, 3.63) is 0 Å². The molecule has 1 saturated heterocycles. The van der Waals surface area contributed by atoms with E-state index in [9.17, 15) is 0 Å². The molecule has 2 N–H and O–H groups in total. The molecule has 1 aliphatic carbocycles. The fourth-order valence-electron chi connectivity index (χ4n) is 2.49. The molecule has 0 aromatic rings. The van der Waals surface area contributed by atoms with Crippen LogP contribution in [0.1, 0.15) is 39.5 Å². The van der Waals surface area contributed by atoms with Crippen molar-refractivity contribution in [3.63, 3.8) is 0 Å². The van der Waals surface area contributed by atoms with Crippen LogP contribution in [0.15, 0.2) is 0 Å². The fraction of sp³-hybridized carbons (Fsp3) is 1.00. The van der Waals surface area contributed by atoms with Gasteiger partial charge in [-0.15, -0.1) is 0 Å². The molecule has 70 valence electrons. The molecule has 0 unspecified atom stereocenters. The van der Waals surface area contributed by atoms with E-state index in [-0.39, 0.29) is 0 Å². The summed E-state index contributed by atoms with van der Waals surface area (Å²) in [4.78, 5) is 0. The quantitative estimate of drug-likeness (QED) is 0.569. The first-order valence-electron chi connectivity index (χ1n) is 5.29. The summed E-state index contributed by atoms with van der Waals surface area (Å²) < 4.78 is 0. The van der Waals surface area contributed by atoms with Gasteiger partial charge < -0.3 is 10.6 Å². The average Bonchev–Trinajstić information content (AvgIpc) is 2.07. The molecule has 1 heterocycles. The second-order valence-electron chi connectivity index (χ2n) is 4.41. The third-order valence-electron chi connectivity index (χ3n) is 3.47. The van der Waals surface area contributed by atoms with Crippen molar-refractivity contribution in [2.45, 2.75) is 63.7 Å². The van der Waals surface area contributed by atoms with Crippen LogP contribution in [0.5, 0.6) is 0 Å². The lowest BCUT2D eigenvalue weighted by molar-refractivity contribution is 0.183. The van der Waals surface area contributed by atoms with Crippen LogP contribution in [0.25, 0.3) is 0 Å². The fourth-order valence-corrected chi connectivity index (χ4v) is 2.49. The van der Waals surface area contributed by atoms with Gasteiger partial charge in [0.2, 0.25) is 0 Å². The highest BCUT2D eigenvalue weighted by molar-refractivity contribution is 4.96. The summed E-state index contributed by atoms with van der Waals surface area (Å²) in [6.07, 6.45) is 5.57. The Morgan fingerprint density at radius 2 is 1.25 bits per heavy atom. The van der Waals surface area contributed by atoms with E-state index < -0.39 is 0 Å². The SMILES string of the molecule is C[C@@H]1N[C@@H]2CCCC[C@H]2N[C@@H]1C. The van der Waals surface area contributed by atoms with E-state index in [4.69, 9.17) is 0 Å². The van der Waals surface area contributed by atoms with E-state index >= 15 is 0 Å². The van der Waals surface area contributed by atoms with Crippen LogP contribution < -0.4 is 10.6 Å². The summed E-state index contributed by atoms with van der Waals surface area (Å²) >= 11 is 0. The van der Waals surface area contributed by atoms with E-state index in [1.807, 2.05) is 0 Å². The maximum absolute atomic E-state index is 3.71. The molecule has 2 heteroatoms. The first-order chi connectivity index (χ1) is 5.77. The molecule has 0 amide bonds. The van der Waals surface area contributed by atoms with Gasteiger partial charge in [0.1, 0.15) is 0 Å². The van der Waals surface area contributed by atoms with Crippen molar-refractivity contribution in [2.24, 2.45) is 0 Å². The van der Waals surface area contributed by atoms with Crippen molar-refractivity contribution in [3.8, 4) is 0 Å². The first kappa shape index (κ1) is 8.52. The second-order valence-corrected chi connectivity index (χ2v) is 4.41. The number of piperazine rings is 1. The van der Waals surface area contributed by atoms with Crippen molar-refractivity contribution in [1.82, 2.24) is 10.6 Å². The summed E-state index contributed by atoms with van der Waals surface area (Å²) in [6.45, 7) is 4.56. The van der Waals surface area contributed by atoms with Gasteiger partial charge in [0.15, 0.2) is 0 Å². The molecule has 0 spiro atoms. The Kier molecular flexibility index (Phi) is 2.37. The Labute approximate surface area is 75.1 Å². The van der Waals surface area contributed by atoms with Gasteiger partial charge in [-0.05, 0) is 26.7 Å². The number of nitrogens with one attached hydrogen (secondary N) is 2. The smallest absolute Gasteiger partial charge is 0.0224 e. The highest BCUT2D eigenvalue weighted by Gasteiger charge is 2.32. The summed E-state index contributed by atoms with van der Waals surface area (Å²) in [5, 5.41) is 7.41. The zero-order chi connectivity index (χ0) is 8.55. The zero-order valence-electron chi connectivity index (χ0n) is 8.14. The minimum Gasteiger partial charge on any atom is -0.308 e. The van der Waals surface area contributed by atoms with Gasteiger partial charge in [-0.3, -0.25) is 0 Å². The molecule has 1 saturated carbocycles. The Hall–Kier alpha value is -0.0800. The number of fused-ring (bicyclic) bond motifs is 1. The van der Waals surface area contributed by atoms with Gasteiger partial charge in [-0.2, -0.15) is 0 Å². The van der Waals surface area contributed by atoms with E-state index in [0.29, 0.717) is 12.1 Å². The zero-order valence-corrected chi connectivity index (χ0v) is 8.14. The molecule has 4 atom stereocenters. The lowest BCUT2D eigenvalue weighted by Gasteiger charge is -2.43. The highest BCUT2D eigenvalue weighted by Crippen LogP contribution is 2.22. The van der Waals surface area contributed by atoms with Gasteiger partial charge >= 0.3 is 0 Å². The maximum Gasteiger partial charge on any atom is 0.0224 e. The van der Waals surface area contributed by atoms with Gasteiger partial charge in [0.25, 0.3) is 0 Å². The molecule has 2 aliphatic rings. The minimum atomic E-state index is 0.643. The predicted octanol–water partition coefficient (Wildman–Crippen LogP) is 1.27. The van der Waals surface area contributed by atoms with Crippen LogP contribution in [0, 0.1) is 0 Å². The lowest BCUT2D eigenvalue weighted by Crippen LogP contribution is -2.64. The third kappa shape index (κ3) is 1.50. The van der Waals surface area contributed by atoms with E-state index in [0.717, 1.165) is 12.1 Å². The van der Waals surface area contributed by atoms with Crippen LogP contribution in [0.3, 0.4) is 0 Å². The lowest BCUT2D eigenvalue weighted by atomic mass is 9.86. The molecular weight excluding hydrogens is 148 g/mol. The Morgan fingerprint density at radius 1 is 0.833 bits per heavy atom. The number of hydrogen-bond donors (Lipinski definition) is 2. The van der Waals surface area contributed by atoms with E-state index in [1.54, 1.807) is 0 Å². The average molecular weight is 168 g/mol. The molecule has 0 bridgehead atoms. The first-order valence-corrected chi connectivity index (χ1v) is 5.29. The van der Waals surface area contributed by atoms with Gasteiger partial charge in [0.05, 0.1) is 0 Å². The number of hydrogen-bond acceptors (Lipinski definition) is 2. The Balaban J connectivity index is 1.98. The standard InChI is InChI=1S/C10H20N2/c1-7-8(2)12-10-6-4-3-5-9(10)11-7/h7-12H,3-6H2,1-2H3/t7-,8+,9-,10-/m1/s1. The molecule has 2 rings (SSSR count). The Bertz CT molecular complexity index is 140. The summed E-state index contributed by atoms with van der Waals surface area (Å²) in [7, 11) is 0. The van der Waals surface area contributed by atoms with Crippen molar-refractivity contribution in [2.75, 3.05) is 0 Å². The van der Waals surface area contributed by atoms with Crippen molar-refractivity contribution >= 4 is 0 Å². The van der Waals surface area contributed by atoms with Gasteiger partial charge in [-0.1, -0.05) is 12.8 Å². The van der Waals surface area contributed by atoms with E-state index in [1.165, 1.54) is 25.7 Å². The van der Waals surface area contributed by atoms with Gasteiger partial charge in [-0.25, -0.2) is 0 Å². The second kappa shape index (κ2) is 3.35. The maximum atomic E-state index is 3.71. The summed E-state index contributed by atoms with van der Waals surface area (Å²) in [5.41, 5.74) is 0. The molecule has 12 heavy (non-hydrogen) atoms. The summed E-state index contributed by atoms with van der Waals surface area (Å²) in [5.74, 6) is 0. The molecule has 0 radical (unpaired) electrons. The van der Waals surface area contributed by atoms with Crippen LogP contribution >= 0.6 is 0 Å². The third-order valence-corrected chi connectivity index (χ3v) is 3.47. The molecule has 0 aromatic carbocycles. The van der Waals surface area contributed by atoms with Crippen molar-refractivity contribution < 1.29 is 0 Å². The van der Waals surface area contributed by atoms with Crippen molar-refractivity contribution in [1.29, 1.82) is 0 Å². The molecule has 1 aliphatic heterocycles. The van der Waals surface area contributed by atoms with Crippen LogP contribution in [0.2, 0.25) is 0 Å². The molecular formula is C10H20N2. The van der Waals surface area contributed by atoms with E-state index in [2.05, 4.69) is 24.5 Å². The number of rotatable bonds is 0. The Morgan fingerprint density at radius 3 is 1.67 bits per heavy atom. The molecule has 2 fully saturated rings. The summed E-state index contributed by atoms with van der Waals surface area (Å²) in [6, 6.07) is 2.79. The normalized spacial score (nSPS) is 48.5. The van der Waals surface area contributed by atoms with Crippen LogP contribution in [0.4, 0.5) is 0 Å².